The van der Waals surface area contributed by atoms with Crippen molar-refractivity contribution in [3.8, 4) is 12.3 Å². The number of hydrogen-bond acceptors (Lipinski definition) is 3. The molecule has 0 amide bonds. The molecule has 80 valence electrons. The van der Waals surface area contributed by atoms with Crippen molar-refractivity contribution in [2.45, 2.75) is 19.8 Å². The number of phosphoric acid groups is 1. The zero-order chi connectivity index (χ0) is 10.9. The molecule has 0 aliphatic heterocycles. The van der Waals surface area contributed by atoms with E-state index in [1.165, 1.54) is 0 Å². The summed E-state index contributed by atoms with van der Waals surface area (Å²) in [6.07, 6.45) is 10.2. The van der Waals surface area contributed by atoms with Crippen LogP contribution in [0.15, 0.2) is 12.2 Å². The maximum atomic E-state index is 11.0. The van der Waals surface area contributed by atoms with Gasteiger partial charge < -0.3 is 4.89 Å². The van der Waals surface area contributed by atoms with Crippen LogP contribution >= 0.6 is 7.82 Å². The van der Waals surface area contributed by atoms with Crippen LogP contribution in [0.3, 0.4) is 0 Å². The molecule has 0 aliphatic rings. The highest BCUT2D eigenvalue weighted by Gasteiger charge is 2.19. The molecule has 4 nitrogen and oxygen atoms in total. The Balaban J connectivity index is 3.56. The van der Waals surface area contributed by atoms with Gasteiger partial charge in [0.2, 0.25) is 0 Å². The normalized spacial score (nSPS) is 15.2. The van der Waals surface area contributed by atoms with E-state index in [4.69, 9.17) is 11.3 Å². The van der Waals surface area contributed by atoms with Crippen LogP contribution in [0.4, 0.5) is 0 Å². The predicted octanol–water partition coefficient (Wildman–Crippen LogP) is 2.11. The van der Waals surface area contributed by atoms with Gasteiger partial charge in [-0.2, -0.15) is 0 Å². The Bertz CT molecular complexity index is 254. The van der Waals surface area contributed by atoms with E-state index in [0.717, 1.165) is 6.42 Å². The number of hydrogen-bond donors (Lipinski definition) is 1. The van der Waals surface area contributed by atoms with E-state index in [1.54, 1.807) is 0 Å². The summed E-state index contributed by atoms with van der Waals surface area (Å²) < 4.78 is 20.1. The van der Waals surface area contributed by atoms with Gasteiger partial charge in [0, 0.05) is 0 Å². The quantitative estimate of drug-likeness (QED) is 0.308. The Hall–Kier alpha value is -0.590. The van der Waals surface area contributed by atoms with Crippen LogP contribution in [-0.2, 0) is 13.6 Å². The average molecular weight is 218 g/mol. The highest BCUT2D eigenvalue weighted by Crippen LogP contribution is 2.42. The molecule has 0 spiro atoms. The Morgan fingerprint density at radius 1 is 1.57 bits per heavy atom. The van der Waals surface area contributed by atoms with Gasteiger partial charge in [0.15, 0.2) is 0 Å². The van der Waals surface area contributed by atoms with Gasteiger partial charge in [-0.1, -0.05) is 18.1 Å². The molecular weight excluding hydrogens is 203 g/mol. The van der Waals surface area contributed by atoms with Crippen molar-refractivity contribution in [3.05, 3.63) is 12.2 Å². The lowest BCUT2D eigenvalue weighted by Crippen LogP contribution is -1.97. The van der Waals surface area contributed by atoms with Crippen LogP contribution in [0.5, 0.6) is 0 Å². The average Bonchev–Trinajstić information content (AvgIpc) is 2.15. The van der Waals surface area contributed by atoms with E-state index in [-0.39, 0.29) is 13.2 Å². The van der Waals surface area contributed by atoms with Crippen LogP contribution in [-0.4, -0.2) is 18.1 Å². The van der Waals surface area contributed by atoms with Gasteiger partial charge in [-0.25, -0.2) is 4.57 Å². The van der Waals surface area contributed by atoms with E-state index in [9.17, 15) is 4.57 Å². The standard InChI is InChI=1S/C9H15O4P/c1-3-5-6-7-9-13-14(10,11)12-8-4-2/h2-3,5H,6-9H2,1H3,(H,10,11). The Labute approximate surface area is 84.5 Å². The summed E-state index contributed by atoms with van der Waals surface area (Å²) in [5.74, 6) is 2.09. The van der Waals surface area contributed by atoms with Gasteiger partial charge in [-0.05, 0) is 19.8 Å². The van der Waals surface area contributed by atoms with E-state index in [0.29, 0.717) is 6.42 Å². The molecule has 14 heavy (non-hydrogen) atoms. The minimum Gasteiger partial charge on any atom is -0.302 e. The molecule has 1 unspecified atom stereocenters. The van der Waals surface area contributed by atoms with Crippen LogP contribution in [0, 0.1) is 12.3 Å². The van der Waals surface area contributed by atoms with Crippen molar-refractivity contribution in [3.63, 3.8) is 0 Å². The summed E-state index contributed by atoms with van der Waals surface area (Å²) >= 11 is 0. The van der Waals surface area contributed by atoms with Gasteiger partial charge in [0.1, 0.15) is 6.61 Å². The van der Waals surface area contributed by atoms with Gasteiger partial charge in [0.25, 0.3) is 0 Å². The highest BCUT2D eigenvalue weighted by atomic mass is 31.2. The highest BCUT2D eigenvalue weighted by molar-refractivity contribution is 7.47. The fourth-order valence-electron chi connectivity index (χ4n) is 0.704. The molecule has 1 atom stereocenters. The Morgan fingerprint density at radius 3 is 2.86 bits per heavy atom. The molecule has 0 heterocycles. The molecule has 0 saturated heterocycles. The Morgan fingerprint density at radius 2 is 2.29 bits per heavy atom. The maximum absolute atomic E-state index is 11.0. The molecule has 0 rings (SSSR count). The molecule has 5 heteroatoms. The van der Waals surface area contributed by atoms with E-state index >= 15 is 0 Å². The van der Waals surface area contributed by atoms with Crippen molar-refractivity contribution in [2.75, 3.05) is 13.2 Å². The summed E-state index contributed by atoms with van der Waals surface area (Å²) in [5, 5.41) is 0. The van der Waals surface area contributed by atoms with E-state index in [2.05, 4.69) is 15.0 Å². The molecule has 0 aromatic carbocycles. The number of terminal acetylenes is 1. The first-order chi connectivity index (χ1) is 6.62. The number of rotatable bonds is 7. The van der Waals surface area contributed by atoms with E-state index in [1.807, 2.05) is 19.1 Å². The summed E-state index contributed by atoms with van der Waals surface area (Å²) in [6.45, 7) is 1.87. The van der Waals surface area contributed by atoms with E-state index < -0.39 is 7.82 Å². The van der Waals surface area contributed by atoms with Crippen molar-refractivity contribution >= 4 is 7.82 Å². The first kappa shape index (κ1) is 13.4. The lowest BCUT2D eigenvalue weighted by molar-refractivity contribution is 0.161. The Kier molecular flexibility index (Phi) is 7.45. The van der Waals surface area contributed by atoms with Gasteiger partial charge in [0.05, 0.1) is 6.61 Å². The van der Waals surface area contributed by atoms with Crippen LogP contribution in [0.1, 0.15) is 19.8 Å². The van der Waals surface area contributed by atoms with Gasteiger partial charge in [-0.15, -0.1) is 6.42 Å². The SMILES string of the molecule is C#CCOP(=O)(O)OCCCC=CC. The molecule has 0 saturated carbocycles. The lowest BCUT2D eigenvalue weighted by atomic mass is 10.3. The first-order valence-electron chi connectivity index (χ1n) is 4.29. The second-order valence-corrected chi connectivity index (χ2v) is 3.94. The second kappa shape index (κ2) is 7.78. The molecule has 0 aromatic rings. The van der Waals surface area contributed by atoms with Crippen molar-refractivity contribution in [1.82, 2.24) is 0 Å². The van der Waals surface area contributed by atoms with Crippen molar-refractivity contribution in [2.24, 2.45) is 0 Å². The number of unbranched alkanes of at least 4 members (excludes halogenated alkanes) is 1. The molecule has 0 aliphatic carbocycles. The van der Waals surface area contributed by atoms with Gasteiger partial charge in [-0.3, -0.25) is 9.05 Å². The third-order valence-electron chi connectivity index (χ3n) is 1.32. The van der Waals surface area contributed by atoms with Crippen molar-refractivity contribution < 1.29 is 18.5 Å². The van der Waals surface area contributed by atoms with Crippen LogP contribution < -0.4 is 0 Å². The summed E-state index contributed by atoms with van der Waals surface area (Å²) in [6, 6.07) is 0. The number of phosphoric ester groups is 1. The molecule has 0 fully saturated rings. The zero-order valence-corrected chi connectivity index (χ0v) is 9.07. The van der Waals surface area contributed by atoms with Crippen LogP contribution in [0.25, 0.3) is 0 Å². The molecule has 1 N–H and O–H groups in total. The van der Waals surface area contributed by atoms with Crippen molar-refractivity contribution in [1.29, 1.82) is 0 Å². The second-order valence-electron chi connectivity index (χ2n) is 2.49. The fraction of sp³-hybridized carbons (Fsp3) is 0.556. The molecule has 0 radical (unpaired) electrons. The third-order valence-corrected chi connectivity index (χ3v) is 2.28. The maximum Gasteiger partial charge on any atom is 0.473 e. The topological polar surface area (TPSA) is 55.8 Å². The predicted molar refractivity (Wildman–Crippen MR) is 54.6 cm³/mol. The minimum atomic E-state index is -3.92. The molecular formula is C9H15O4P. The largest absolute Gasteiger partial charge is 0.473 e. The zero-order valence-electron chi connectivity index (χ0n) is 8.18. The smallest absolute Gasteiger partial charge is 0.302 e. The summed E-state index contributed by atoms with van der Waals surface area (Å²) in [7, 11) is -3.92. The molecule has 0 bridgehead atoms. The summed E-state index contributed by atoms with van der Waals surface area (Å²) in [4.78, 5) is 9.00. The third kappa shape index (κ3) is 8.03. The minimum absolute atomic E-state index is 0.183. The van der Waals surface area contributed by atoms with Crippen LogP contribution in [0.2, 0.25) is 0 Å². The molecule has 0 aromatic heterocycles. The monoisotopic (exact) mass is 218 g/mol. The lowest BCUT2D eigenvalue weighted by Gasteiger charge is -2.09. The fourth-order valence-corrected chi connectivity index (χ4v) is 1.38. The first-order valence-corrected chi connectivity index (χ1v) is 5.78. The summed E-state index contributed by atoms with van der Waals surface area (Å²) in [5.41, 5.74) is 0. The van der Waals surface area contributed by atoms with Gasteiger partial charge >= 0.3 is 7.82 Å². The number of allylic oxidation sites excluding steroid dienone is 2.